The number of thiophene rings is 1. The normalized spacial score (nSPS) is 13.6. The zero-order valence-electron chi connectivity index (χ0n) is 9.04. The Labute approximate surface area is 111 Å². The summed E-state index contributed by atoms with van der Waals surface area (Å²) in [5.41, 5.74) is 5.37. The van der Waals surface area contributed by atoms with Crippen molar-refractivity contribution in [2.75, 3.05) is 0 Å². The second-order valence-electron chi connectivity index (χ2n) is 3.70. The number of nitrogens with two attached hydrogens (primary N) is 1. The number of rotatable bonds is 2. The van der Waals surface area contributed by atoms with Crippen LogP contribution in [0.2, 0.25) is 5.02 Å². The molecule has 1 aromatic heterocycles. The van der Waals surface area contributed by atoms with Crippen LogP contribution >= 0.6 is 22.9 Å². The first-order valence-corrected chi connectivity index (χ1v) is 6.31. The number of alkyl halides is 3. The second-order valence-corrected chi connectivity index (χ2v) is 5.06. The number of hydrogen-bond donors (Lipinski definition) is 1. The minimum Gasteiger partial charge on any atom is -0.320 e. The van der Waals surface area contributed by atoms with E-state index in [-0.39, 0.29) is 10.6 Å². The molecule has 0 aliphatic carbocycles. The summed E-state index contributed by atoms with van der Waals surface area (Å²) in [7, 11) is 0. The predicted molar refractivity (Wildman–Crippen MR) is 66.8 cm³/mol. The summed E-state index contributed by atoms with van der Waals surface area (Å²) in [5, 5.41) is 1.49. The van der Waals surface area contributed by atoms with Gasteiger partial charge in [0.1, 0.15) is 0 Å². The molecule has 0 unspecified atom stereocenters. The summed E-state index contributed by atoms with van der Waals surface area (Å²) in [6, 6.07) is 6.71. The molecule has 18 heavy (non-hydrogen) atoms. The van der Waals surface area contributed by atoms with Gasteiger partial charge in [0.2, 0.25) is 0 Å². The van der Waals surface area contributed by atoms with Gasteiger partial charge in [-0.1, -0.05) is 29.8 Å². The first-order chi connectivity index (χ1) is 8.41. The third-order valence-corrected chi connectivity index (χ3v) is 3.90. The molecule has 2 N–H and O–H groups in total. The topological polar surface area (TPSA) is 26.0 Å². The summed E-state index contributed by atoms with van der Waals surface area (Å²) in [5.74, 6) is 0. The van der Waals surface area contributed by atoms with Gasteiger partial charge in [-0.2, -0.15) is 13.2 Å². The molecular formula is C12H9ClF3NS. The van der Waals surface area contributed by atoms with Crippen molar-refractivity contribution in [3.63, 3.8) is 0 Å². The fraction of sp³-hybridized carbons (Fsp3) is 0.167. The smallest absolute Gasteiger partial charge is 0.320 e. The molecule has 1 atom stereocenters. The van der Waals surface area contributed by atoms with Crippen LogP contribution < -0.4 is 5.73 Å². The van der Waals surface area contributed by atoms with Crippen LogP contribution in [0.4, 0.5) is 13.2 Å². The minimum absolute atomic E-state index is 0.286. The van der Waals surface area contributed by atoms with Crippen LogP contribution in [0, 0.1) is 0 Å². The molecule has 1 aromatic carbocycles. The van der Waals surface area contributed by atoms with Crippen molar-refractivity contribution in [3.8, 4) is 0 Å². The average Bonchev–Trinajstić information content (AvgIpc) is 2.80. The Bertz CT molecular complexity index is 537. The Morgan fingerprint density at radius 3 is 2.44 bits per heavy atom. The quantitative estimate of drug-likeness (QED) is 0.868. The summed E-state index contributed by atoms with van der Waals surface area (Å²) in [6.07, 6.45) is -4.47. The van der Waals surface area contributed by atoms with Gasteiger partial charge in [-0.05, 0) is 23.1 Å². The number of hydrogen-bond acceptors (Lipinski definition) is 2. The van der Waals surface area contributed by atoms with E-state index in [1.165, 1.54) is 23.5 Å². The highest BCUT2D eigenvalue weighted by atomic mass is 35.5. The molecule has 2 rings (SSSR count). The lowest BCUT2D eigenvalue weighted by Crippen LogP contribution is -2.14. The van der Waals surface area contributed by atoms with Gasteiger partial charge >= 0.3 is 6.18 Å². The maximum absolute atomic E-state index is 12.7. The van der Waals surface area contributed by atoms with Crippen LogP contribution in [-0.4, -0.2) is 0 Å². The molecule has 0 fully saturated rings. The molecule has 0 aliphatic heterocycles. The van der Waals surface area contributed by atoms with E-state index in [2.05, 4.69) is 0 Å². The third-order valence-electron chi connectivity index (χ3n) is 2.52. The van der Waals surface area contributed by atoms with Crippen LogP contribution in [0.5, 0.6) is 0 Å². The summed E-state index contributed by atoms with van der Waals surface area (Å²) >= 11 is 7.19. The Kier molecular flexibility index (Phi) is 3.66. The van der Waals surface area contributed by atoms with E-state index in [1.807, 2.05) is 5.38 Å². The SMILES string of the molecule is N[C@@H](c1cccs1)c1cccc(C(F)(F)F)c1Cl. The number of benzene rings is 1. The highest BCUT2D eigenvalue weighted by Gasteiger charge is 2.34. The van der Waals surface area contributed by atoms with Crippen molar-refractivity contribution in [2.24, 2.45) is 5.73 Å². The van der Waals surface area contributed by atoms with Crippen LogP contribution in [0.15, 0.2) is 35.7 Å². The van der Waals surface area contributed by atoms with Gasteiger partial charge in [-0.3, -0.25) is 0 Å². The standard InChI is InChI=1S/C12H9ClF3NS/c13-10-7(11(17)9-5-2-6-18-9)3-1-4-8(10)12(14,15)16/h1-6,11H,17H2/t11-/m1/s1. The van der Waals surface area contributed by atoms with Gasteiger partial charge < -0.3 is 5.73 Å². The van der Waals surface area contributed by atoms with Crippen molar-refractivity contribution in [1.29, 1.82) is 0 Å². The molecule has 2 aromatic rings. The van der Waals surface area contributed by atoms with Gasteiger partial charge in [0.05, 0.1) is 16.6 Å². The van der Waals surface area contributed by atoms with Crippen molar-refractivity contribution < 1.29 is 13.2 Å². The van der Waals surface area contributed by atoms with Crippen LogP contribution in [-0.2, 0) is 6.18 Å². The van der Waals surface area contributed by atoms with Crippen molar-refractivity contribution in [3.05, 3.63) is 56.7 Å². The van der Waals surface area contributed by atoms with Crippen LogP contribution in [0.3, 0.4) is 0 Å². The fourth-order valence-electron chi connectivity index (χ4n) is 1.63. The molecular weight excluding hydrogens is 283 g/mol. The minimum atomic E-state index is -4.47. The van der Waals surface area contributed by atoms with Crippen molar-refractivity contribution in [1.82, 2.24) is 0 Å². The lowest BCUT2D eigenvalue weighted by atomic mass is 10.0. The molecule has 0 bridgehead atoms. The first-order valence-electron chi connectivity index (χ1n) is 5.06. The molecule has 96 valence electrons. The van der Waals surface area contributed by atoms with Crippen molar-refractivity contribution >= 4 is 22.9 Å². The average molecular weight is 292 g/mol. The predicted octanol–water partition coefficient (Wildman–Crippen LogP) is 4.47. The Balaban J connectivity index is 2.47. The highest BCUT2D eigenvalue weighted by Crippen LogP contribution is 2.39. The van der Waals surface area contributed by atoms with E-state index in [0.29, 0.717) is 0 Å². The Morgan fingerprint density at radius 2 is 1.89 bits per heavy atom. The van der Waals surface area contributed by atoms with E-state index in [0.717, 1.165) is 10.9 Å². The molecule has 0 amide bonds. The maximum atomic E-state index is 12.7. The Hall–Kier alpha value is -1.04. The molecule has 1 heterocycles. The van der Waals surface area contributed by atoms with Crippen LogP contribution in [0.25, 0.3) is 0 Å². The van der Waals surface area contributed by atoms with Crippen LogP contribution in [0.1, 0.15) is 22.0 Å². The van der Waals surface area contributed by atoms with Gasteiger partial charge in [-0.25, -0.2) is 0 Å². The molecule has 0 aliphatic rings. The molecule has 0 saturated heterocycles. The maximum Gasteiger partial charge on any atom is 0.417 e. The van der Waals surface area contributed by atoms with E-state index >= 15 is 0 Å². The zero-order valence-corrected chi connectivity index (χ0v) is 10.6. The van der Waals surface area contributed by atoms with E-state index in [9.17, 15) is 13.2 Å². The first kappa shape index (κ1) is 13.4. The molecule has 1 nitrogen and oxygen atoms in total. The van der Waals surface area contributed by atoms with Crippen molar-refractivity contribution in [2.45, 2.75) is 12.2 Å². The molecule has 0 spiro atoms. The van der Waals surface area contributed by atoms with Gasteiger partial charge in [0, 0.05) is 4.88 Å². The Morgan fingerprint density at radius 1 is 1.17 bits per heavy atom. The van der Waals surface area contributed by atoms with Gasteiger partial charge in [0.25, 0.3) is 0 Å². The lowest BCUT2D eigenvalue weighted by Gasteiger charge is -2.16. The third kappa shape index (κ3) is 2.53. The molecule has 6 heteroatoms. The van der Waals surface area contributed by atoms with E-state index in [4.69, 9.17) is 17.3 Å². The lowest BCUT2D eigenvalue weighted by molar-refractivity contribution is -0.137. The van der Waals surface area contributed by atoms with E-state index < -0.39 is 17.8 Å². The number of halogens is 4. The van der Waals surface area contributed by atoms with Gasteiger partial charge in [0.15, 0.2) is 0 Å². The summed E-state index contributed by atoms with van der Waals surface area (Å²) < 4.78 is 38.1. The van der Waals surface area contributed by atoms with Gasteiger partial charge in [-0.15, -0.1) is 11.3 Å². The monoisotopic (exact) mass is 291 g/mol. The largest absolute Gasteiger partial charge is 0.417 e. The fourth-order valence-corrected chi connectivity index (χ4v) is 2.73. The van der Waals surface area contributed by atoms with E-state index in [1.54, 1.807) is 12.1 Å². The second kappa shape index (κ2) is 4.91. The molecule has 0 saturated carbocycles. The summed E-state index contributed by atoms with van der Waals surface area (Å²) in [4.78, 5) is 0.774. The summed E-state index contributed by atoms with van der Waals surface area (Å²) in [6.45, 7) is 0. The molecule has 0 radical (unpaired) electrons. The zero-order chi connectivity index (χ0) is 13.3. The highest BCUT2D eigenvalue weighted by molar-refractivity contribution is 7.10.